The third kappa shape index (κ3) is 2.71. The predicted octanol–water partition coefficient (Wildman–Crippen LogP) is 2.52. The Bertz CT molecular complexity index is 361. The van der Waals surface area contributed by atoms with Gasteiger partial charge < -0.3 is 10.5 Å². The van der Waals surface area contributed by atoms with Crippen LogP contribution in [0, 0.1) is 0 Å². The summed E-state index contributed by atoms with van der Waals surface area (Å²) < 4.78 is 5.16. The molecular formula is C12H16ClNO. The highest BCUT2D eigenvalue weighted by atomic mass is 35.5. The van der Waals surface area contributed by atoms with E-state index in [1.165, 1.54) is 5.56 Å². The van der Waals surface area contributed by atoms with Gasteiger partial charge in [0.2, 0.25) is 0 Å². The fraction of sp³-hybridized carbons (Fsp3) is 0.500. The average molecular weight is 226 g/mol. The van der Waals surface area contributed by atoms with Crippen LogP contribution in [0.4, 0.5) is 0 Å². The van der Waals surface area contributed by atoms with Crippen LogP contribution in [0.25, 0.3) is 0 Å². The second kappa shape index (κ2) is 4.12. The zero-order valence-corrected chi connectivity index (χ0v) is 9.68. The molecule has 0 saturated heterocycles. The molecule has 0 atom stereocenters. The van der Waals surface area contributed by atoms with Crippen molar-refractivity contribution in [2.45, 2.75) is 31.4 Å². The number of hydrogen-bond acceptors (Lipinski definition) is 2. The molecule has 0 bridgehead atoms. The maximum atomic E-state index is 6.11. The molecule has 3 heteroatoms. The van der Waals surface area contributed by atoms with Crippen LogP contribution < -0.4 is 5.73 Å². The first-order valence-electron chi connectivity index (χ1n) is 5.18. The fourth-order valence-electron chi connectivity index (χ4n) is 1.77. The lowest BCUT2D eigenvalue weighted by Gasteiger charge is -2.13. The molecule has 2 N–H and O–H groups in total. The summed E-state index contributed by atoms with van der Waals surface area (Å²) in [5.74, 6) is 0. The number of nitrogens with two attached hydrogens (primary N) is 1. The van der Waals surface area contributed by atoms with Gasteiger partial charge in [-0.25, -0.2) is 0 Å². The van der Waals surface area contributed by atoms with Crippen molar-refractivity contribution in [1.82, 2.24) is 0 Å². The van der Waals surface area contributed by atoms with E-state index in [2.05, 4.69) is 6.07 Å². The Kier molecular flexibility index (Phi) is 3.01. The van der Waals surface area contributed by atoms with E-state index in [0.717, 1.165) is 29.8 Å². The van der Waals surface area contributed by atoms with Gasteiger partial charge in [0.25, 0.3) is 0 Å². The number of ether oxygens (including phenoxy) is 1. The molecule has 0 spiro atoms. The van der Waals surface area contributed by atoms with Crippen molar-refractivity contribution in [3.63, 3.8) is 0 Å². The van der Waals surface area contributed by atoms with Crippen molar-refractivity contribution in [3.05, 3.63) is 34.3 Å². The van der Waals surface area contributed by atoms with Crippen molar-refractivity contribution in [2.75, 3.05) is 7.11 Å². The Hall–Kier alpha value is -0.570. The van der Waals surface area contributed by atoms with E-state index >= 15 is 0 Å². The molecule has 15 heavy (non-hydrogen) atoms. The highest BCUT2D eigenvalue weighted by Gasteiger charge is 2.38. The summed E-state index contributed by atoms with van der Waals surface area (Å²) in [7, 11) is 1.69. The largest absolute Gasteiger partial charge is 0.380 e. The molecule has 1 saturated carbocycles. The average Bonchev–Trinajstić information content (AvgIpc) is 2.89. The molecule has 1 aromatic carbocycles. The van der Waals surface area contributed by atoms with Crippen LogP contribution in [0.15, 0.2) is 18.2 Å². The molecule has 1 fully saturated rings. The van der Waals surface area contributed by atoms with E-state index in [0.29, 0.717) is 6.61 Å². The molecule has 2 rings (SSSR count). The van der Waals surface area contributed by atoms with Crippen LogP contribution in [0.1, 0.15) is 24.0 Å². The summed E-state index contributed by atoms with van der Waals surface area (Å²) in [4.78, 5) is 0. The molecule has 82 valence electrons. The molecule has 1 aliphatic rings. The van der Waals surface area contributed by atoms with Crippen LogP contribution in [-0.4, -0.2) is 12.6 Å². The molecule has 1 aromatic rings. The van der Waals surface area contributed by atoms with Gasteiger partial charge in [-0.2, -0.15) is 0 Å². The monoisotopic (exact) mass is 225 g/mol. The molecule has 1 aliphatic carbocycles. The van der Waals surface area contributed by atoms with E-state index in [4.69, 9.17) is 22.1 Å². The fourth-order valence-corrected chi connectivity index (χ4v) is 1.97. The highest BCUT2D eigenvalue weighted by Crippen LogP contribution is 2.36. The standard InChI is InChI=1S/C12H16ClNO/c1-15-8-10-6-11(13)3-2-9(10)7-12(14)4-5-12/h2-3,6H,4-5,7-8,14H2,1H3. The Morgan fingerprint density at radius 3 is 2.73 bits per heavy atom. The van der Waals surface area contributed by atoms with Crippen molar-refractivity contribution in [2.24, 2.45) is 5.73 Å². The second-order valence-electron chi connectivity index (χ2n) is 4.39. The van der Waals surface area contributed by atoms with Gasteiger partial charge >= 0.3 is 0 Å². The minimum Gasteiger partial charge on any atom is -0.380 e. The lowest BCUT2D eigenvalue weighted by Crippen LogP contribution is -2.25. The molecule has 0 amide bonds. The number of methoxy groups -OCH3 is 1. The van der Waals surface area contributed by atoms with Crippen LogP contribution in [0.2, 0.25) is 5.02 Å². The third-order valence-electron chi connectivity index (χ3n) is 2.90. The first kappa shape index (κ1) is 10.9. The lowest BCUT2D eigenvalue weighted by molar-refractivity contribution is 0.184. The highest BCUT2D eigenvalue weighted by molar-refractivity contribution is 6.30. The van der Waals surface area contributed by atoms with Gasteiger partial charge in [0.1, 0.15) is 0 Å². The minimum atomic E-state index is 0.0380. The molecule has 0 aliphatic heterocycles. The van der Waals surface area contributed by atoms with E-state index in [1.807, 2.05) is 12.1 Å². The Labute approximate surface area is 95.4 Å². The zero-order valence-electron chi connectivity index (χ0n) is 8.92. The number of rotatable bonds is 4. The van der Waals surface area contributed by atoms with Gasteiger partial charge in [0.05, 0.1) is 6.61 Å². The lowest BCUT2D eigenvalue weighted by atomic mass is 10.00. The molecule has 2 nitrogen and oxygen atoms in total. The van der Waals surface area contributed by atoms with Crippen LogP contribution in [-0.2, 0) is 17.8 Å². The normalized spacial score (nSPS) is 17.8. The third-order valence-corrected chi connectivity index (χ3v) is 3.14. The van der Waals surface area contributed by atoms with E-state index in [-0.39, 0.29) is 5.54 Å². The quantitative estimate of drug-likeness (QED) is 0.855. The van der Waals surface area contributed by atoms with Crippen molar-refractivity contribution >= 4 is 11.6 Å². The van der Waals surface area contributed by atoms with Gasteiger partial charge in [-0.15, -0.1) is 0 Å². The van der Waals surface area contributed by atoms with E-state index in [1.54, 1.807) is 7.11 Å². The molecular weight excluding hydrogens is 210 g/mol. The van der Waals surface area contributed by atoms with Crippen molar-refractivity contribution in [3.8, 4) is 0 Å². The molecule has 0 radical (unpaired) electrons. The summed E-state index contributed by atoms with van der Waals surface area (Å²) in [6.45, 7) is 0.603. The van der Waals surface area contributed by atoms with Crippen LogP contribution in [0.5, 0.6) is 0 Å². The second-order valence-corrected chi connectivity index (χ2v) is 4.82. The van der Waals surface area contributed by atoms with Crippen molar-refractivity contribution < 1.29 is 4.74 Å². The maximum absolute atomic E-state index is 6.11. The minimum absolute atomic E-state index is 0.0380. The summed E-state index contributed by atoms with van der Waals surface area (Å²) in [5, 5.41) is 0.757. The number of halogens is 1. The maximum Gasteiger partial charge on any atom is 0.0716 e. The van der Waals surface area contributed by atoms with Gasteiger partial charge in [0.15, 0.2) is 0 Å². The predicted molar refractivity (Wildman–Crippen MR) is 62.0 cm³/mol. The first-order valence-corrected chi connectivity index (χ1v) is 5.56. The van der Waals surface area contributed by atoms with Crippen molar-refractivity contribution in [1.29, 1.82) is 0 Å². The molecule has 0 aromatic heterocycles. The number of benzene rings is 1. The SMILES string of the molecule is COCc1cc(Cl)ccc1CC1(N)CC1. The Balaban J connectivity index is 2.20. The van der Waals surface area contributed by atoms with Gasteiger partial charge in [-0.1, -0.05) is 17.7 Å². The van der Waals surface area contributed by atoms with E-state index < -0.39 is 0 Å². The zero-order chi connectivity index (χ0) is 10.9. The summed E-state index contributed by atoms with van der Waals surface area (Å²) in [5.41, 5.74) is 8.57. The summed E-state index contributed by atoms with van der Waals surface area (Å²) in [6.07, 6.45) is 3.19. The van der Waals surface area contributed by atoms with E-state index in [9.17, 15) is 0 Å². The Morgan fingerprint density at radius 1 is 1.40 bits per heavy atom. The Morgan fingerprint density at radius 2 is 2.13 bits per heavy atom. The summed E-state index contributed by atoms with van der Waals surface area (Å²) >= 11 is 5.95. The number of hydrogen-bond donors (Lipinski definition) is 1. The molecule has 0 unspecified atom stereocenters. The van der Waals surface area contributed by atoms with Gasteiger partial charge in [0, 0.05) is 17.7 Å². The molecule has 0 heterocycles. The van der Waals surface area contributed by atoms with Crippen LogP contribution in [0.3, 0.4) is 0 Å². The summed E-state index contributed by atoms with van der Waals surface area (Å²) in [6, 6.07) is 5.94. The first-order chi connectivity index (χ1) is 7.13. The smallest absolute Gasteiger partial charge is 0.0716 e. The van der Waals surface area contributed by atoms with Crippen LogP contribution >= 0.6 is 11.6 Å². The van der Waals surface area contributed by atoms with Gasteiger partial charge in [-0.05, 0) is 42.5 Å². The topological polar surface area (TPSA) is 35.2 Å². The van der Waals surface area contributed by atoms with Gasteiger partial charge in [-0.3, -0.25) is 0 Å².